The van der Waals surface area contributed by atoms with E-state index < -0.39 is 0 Å². The monoisotopic (exact) mass is 271 g/mol. The van der Waals surface area contributed by atoms with E-state index in [1.165, 1.54) is 0 Å². The standard InChI is InChI=1S/C13H22ClN3O/c1-4-15-9-11-8-12(14)13(16-10-11)17(3)6-7-18-5-2/h8,10,15H,4-7,9H2,1-3H3. The number of hydrogen-bond acceptors (Lipinski definition) is 4. The first-order valence-corrected chi connectivity index (χ1v) is 6.70. The second kappa shape index (κ2) is 8.29. The van der Waals surface area contributed by atoms with Gasteiger partial charge in [0.05, 0.1) is 11.6 Å². The fourth-order valence-electron chi connectivity index (χ4n) is 1.57. The Hall–Kier alpha value is -0.840. The third-order valence-corrected chi connectivity index (χ3v) is 2.87. The van der Waals surface area contributed by atoms with Crippen molar-refractivity contribution >= 4 is 17.4 Å². The molecule has 0 unspecified atom stereocenters. The molecule has 0 atom stereocenters. The third-order valence-electron chi connectivity index (χ3n) is 2.59. The highest BCUT2D eigenvalue weighted by molar-refractivity contribution is 6.33. The van der Waals surface area contributed by atoms with Crippen LogP contribution in [0.25, 0.3) is 0 Å². The second-order valence-electron chi connectivity index (χ2n) is 4.05. The van der Waals surface area contributed by atoms with Gasteiger partial charge in [0.25, 0.3) is 0 Å². The molecule has 0 aliphatic rings. The summed E-state index contributed by atoms with van der Waals surface area (Å²) in [6.07, 6.45) is 1.86. The quantitative estimate of drug-likeness (QED) is 0.737. The number of aromatic nitrogens is 1. The fraction of sp³-hybridized carbons (Fsp3) is 0.615. The molecule has 0 amide bonds. The van der Waals surface area contributed by atoms with Crippen LogP contribution < -0.4 is 10.2 Å². The van der Waals surface area contributed by atoms with Crippen molar-refractivity contribution in [2.75, 3.05) is 38.3 Å². The first-order valence-electron chi connectivity index (χ1n) is 6.33. The molecule has 1 N–H and O–H groups in total. The van der Waals surface area contributed by atoms with Crippen molar-refractivity contribution in [2.45, 2.75) is 20.4 Å². The number of hydrogen-bond donors (Lipinski definition) is 1. The molecule has 1 rings (SSSR count). The largest absolute Gasteiger partial charge is 0.380 e. The van der Waals surface area contributed by atoms with Crippen LogP contribution in [0.5, 0.6) is 0 Å². The molecule has 0 fully saturated rings. The highest BCUT2D eigenvalue weighted by atomic mass is 35.5. The first kappa shape index (κ1) is 15.2. The number of anilines is 1. The van der Waals surface area contributed by atoms with E-state index in [2.05, 4.69) is 17.2 Å². The zero-order valence-electron chi connectivity index (χ0n) is 11.4. The van der Waals surface area contributed by atoms with Crippen molar-refractivity contribution in [3.05, 3.63) is 22.8 Å². The van der Waals surface area contributed by atoms with Crippen LogP contribution >= 0.6 is 11.6 Å². The molecular weight excluding hydrogens is 250 g/mol. The molecule has 0 spiro atoms. The number of rotatable bonds is 8. The van der Waals surface area contributed by atoms with Gasteiger partial charge >= 0.3 is 0 Å². The average molecular weight is 272 g/mol. The Morgan fingerprint density at radius 3 is 2.83 bits per heavy atom. The Bertz CT molecular complexity index is 360. The molecule has 1 heterocycles. The van der Waals surface area contributed by atoms with Gasteiger partial charge in [-0.3, -0.25) is 0 Å². The molecule has 0 bridgehead atoms. The van der Waals surface area contributed by atoms with Gasteiger partial charge in [0, 0.05) is 32.9 Å². The van der Waals surface area contributed by atoms with Gasteiger partial charge in [-0.25, -0.2) is 4.98 Å². The molecule has 1 aromatic rings. The van der Waals surface area contributed by atoms with Crippen LogP contribution in [0.15, 0.2) is 12.3 Å². The Morgan fingerprint density at radius 2 is 2.22 bits per heavy atom. The lowest BCUT2D eigenvalue weighted by Crippen LogP contribution is -2.24. The zero-order chi connectivity index (χ0) is 13.4. The van der Waals surface area contributed by atoms with Crippen LogP contribution in [0.2, 0.25) is 5.02 Å². The van der Waals surface area contributed by atoms with Gasteiger partial charge in [-0.2, -0.15) is 0 Å². The van der Waals surface area contributed by atoms with Gasteiger partial charge in [-0.1, -0.05) is 18.5 Å². The number of nitrogens with one attached hydrogen (secondary N) is 1. The Morgan fingerprint density at radius 1 is 1.44 bits per heavy atom. The molecule has 0 aromatic carbocycles. The molecule has 0 aliphatic heterocycles. The highest BCUT2D eigenvalue weighted by Gasteiger charge is 2.08. The minimum Gasteiger partial charge on any atom is -0.380 e. The van der Waals surface area contributed by atoms with Crippen LogP contribution in [0.3, 0.4) is 0 Å². The maximum Gasteiger partial charge on any atom is 0.147 e. The topological polar surface area (TPSA) is 37.4 Å². The Balaban J connectivity index is 2.60. The molecule has 0 radical (unpaired) electrons. The Kier molecular flexibility index (Phi) is 7.01. The van der Waals surface area contributed by atoms with Crippen molar-refractivity contribution in [3.63, 3.8) is 0 Å². The molecular formula is C13H22ClN3O. The van der Waals surface area contributed by atoms with E-state index in [1.54, 1.807) is 0 Å². The van der Waals surface area contributed by atoms with Crippen molar-refractivity contribution in [3.8, 4) is 0 Å². The SMILES string of the molecule is CCNCc1cnc(N(C)CCOCC)c(Cl)c1. The molecule has 5 heteroatoms. The van der Waals surface area contributed by atoms with E-state index in [9.17, 15) is 0 Å². The van der Waals surface area contributed by atoms with Crippen molar-refractivity contribution < 1.29 is 4.74 Å². The van der Waals surface area contributed by atoms with E-state index in [0.717, 1.165) is 37.6 Å². The van der Waals surface area contributed by atoms with Gasteiger partial charge in [0.2, 0.25) is 0 Å². The van der Waals surface area contributed by atoms with Gasteiger partial charge in [-0.05, 0) is 25.1 Å². The summed E-state index contributed by atoms with van der Waals surface area (Å²) in [5, 5.41) is 3.93. The normalized spacial score (nSPS) is 10.7. The average Bonchev–Trinajstić information content (AvgIpc) is 2.36. The van der Waals surface area contributed by atoms with Crippen molar-refractivity contribution in [1.29, 1.82) is 0 Å². The van der Waals surface area contributed by atoms with Crippen molar-refractivity contribution in [1.82, 2.24) is 10.3 Å². The summed E-state index contributed by atoms with van der Waals surface area (Å²) in [4.78, 5) is 6.42. The summed E-state index contributed by atoms with van der Waals surface area (Å²) in [7, 11) is 1.97. The predicted molar refractivity (Wildman–Crippen MR) is 76.4 cm³/mol. The van der Waals surface area contributed by atoms with Gasteiger partial charge in [0.15, 0.2) is 0 Å². The van der Waals surface area contributed by atoms with E-state index in [-0.39, 0.29) is 0 Å². The smallest absolute Gasteiger partial charge is 0.147 e. The molecule has 1 aromatic heterocycles. The predicted octanol–water partition coefficient (Wildman–Crippen LogP) is 2.32. The third kappa shape index (κ3) is 4.80. The molecule has 0 saturated carbocycles. The number of likely N-dealkylation sites (N-methyl/N-ethyl adjacent to an activating group) is 1. The van der Waals surface area contributed by atoms with E-state index in [1.807, 2.05) is 31.1 Å². The minimum absolute atomic E-state index is 0.685. The lowest BCUT2D eigenvalue weighted by atomic mass is 10.2. The molecule has 0 aliphatic carbocycles. The van der Waals surface area contributed by atoms with Crippen LogP contribution in [0.4, 0.5) is 5.82 Å². The van der Waals surface area contributed by atoms with Crippen LogP contribution in [-0.4, -0.2) is 38.3 Å². The fourth-order valence-corrected chi connectivity index (χ4v) is 1.90. The summed E-state index contributed by atoms with van der Waals surface area (Å²) in [5.41, 5.74) is 1.10. The summed E-state index contributed by atoms with van der Waals surface area (Å²) in [6, 6.07) is 1.96. The Labute approximate surface area is 114 Å². The van der Waals surface area contributed by atoms with Gasteiger partial charge in [-0.15, -0.1) is 0 Å². The van der Waals surface area contributed by atoms with Crippen LogP contribution in [0, 0.1) is 0 Å². The van der Waals surface area contributed by atoms with Crippen molar-refractivity contribution in [2.24, 2.45) is 0 Å². The van der Waals surface area contributed by atoms with Crippen LogP contribution in [0.1, 0.15) is 19.4 Å². The number of nitrogens with zero attached hydrogens (tertiary/aromatic N) is 2. The van der Waals surface area contributed by atoms with Gasteiger partial charge < -0.3 is 15.0 Å². The molecule has 18 heavy (non-hydrogen) atoms. The van der Waals surface area contributed by atoms with Crippen LogP contribution in [-0.2, 0) is 11.3 Å². The molecule has 0 saturated heterocycles. The molecule has 102 valence electrons. The maximum atomic E-state index is 6.24. The van der Waals surface area contributed by atoms with E-state index in [0.29, 0.717) is 11.6 Å². The number of ether oxygens (including phenoxy) is 1. The second-order valence-corrected chi connectivity index (χ2v) is 4.46. The summed E-state index contributed by atoms with van der Waals surface area (Å²) >= 11 is 6.24. The van der Waals surface area contributed by atoms with Gasteiger partial charge in [0.1, 0.15) is 5.82 Å². The maximum absolute atomic E-state index is 6.24. The summed E-state index contributed by atoms with van der Waals surface area (Å²) < 4.78 is 5.32. The molecule has 4 nitrogen and oxygen atoms in total. The highest BCUT2D eigenvalue weighted by Crippen LogP contribution is 2.22. The van der Waals surface area contributed by atoms with E-state index in [4.69, 9.17) is 16.3 Å². The first-order chi connectivity index (χ1) is 8.69. The number of pyridine rings is 1. The minimum atomic E-state index is 0.685. The number of halogens is 1. The van der Waals surface area contributed by atoms with E-state index >= 15 is 0 Å². The lowest BCUT2D eigenvalue weighted by molar-refractivity contribution is 0.154. The summed E-state index contributed by atoms with van der Waals surface area (Å²) in [6.45, 7) is 8.00. The summed E-state index contributed by atoms with van der Waals surface area (Å²) in [5.74, 6) is 0.802. The lowest BCUT2D eigenvalue weighted by Gasteiger charge is -2.19. The zero-order valence-corrected chi connectivity index (χ0v) is 12.1.